The highest BCUT2D eigenvalue weighted by molar-refractivity contribution is 6.30. The average molecular weight is 309 g/mol. The van der Waals surface area contributed by atoms with Gasteiger partial charge in [-0.1, -0.05) is 11.6 Å². The summed E-state index contributed by atoms with van der Waals surface area (Å²) in [7, 11) is 2.87. The summed E-state index contributed by atoms with van der Waals surface area (Å²) in [5.41, 5.74) is 0.926. The lowest BCUT2D eigenvalue weighted by atomic mass is 10.3. The Morgan fingerprint density at radius 2 is 1.86 bits per heavy atom. The number of carbonyl (C=O) groups is 1. The summed E-state index contributed by atoms with van der Waals surface area (Å²) in [6.45, 7) is 0. The summed E-state index contributed by atoms with van der Waals surface area (Å²) >= 11 is 5.77. The van der Waals surface area contributed by atoms with Crippen LogP contribution in [0.3, 0.4) is 0 Å². The van der Waals surface area contributed by atoms with Gasteiger partial charge < -0.3 is 20.1 Å². The molecule has 0 aliphatic heterocycles. The number of aromatic nitrogens is 2. The summed E-state index contributed by atoms with van der Waals surface area (Å²) in [5.74, 6) is 0.202. The van der Waals surface area contributed by atoms with Gasteiger partial charge in [0.15, 0.2) is 0 Å². The lowest BCUT2D eigenvalue weighted by molar-refractivity contribution is 0.262. The van der Waals surface area contributed by atoms with Gasteiger partial charge >= 0.3 is 12.0 Å². The summed E-state index contributed by atoms with van der Waals surface area (Å²) in [5, 5.41) is 5.82. The third-order valence-electron chi connectivity index (χ3n) is 2.46. The first-order chi connectivity index (χ1) is 10.1. The predicted octanol–water partition coefficient (Wildman–Crippen LogP) is 2.79. The molecule has 1 aromatic carbocycles. The second-order valence-electron chi connectivity index (χ2n) is 3.87. The molecule has 0 bridgehead atoms. The van der Waals surface area contributed by atoms with E-state index in [9.17, 15) is 4.79 Å². The first kappa shape index (κ1) is 14.9. The molecule has 2 rings (SSSR count). The fourth-order valence-corrected chi connectivity index (χ4v) is 1.63. The SMILES string of the molecule is COc1ncc(NC(=O)Nc2ccc(Cl)cc2)c(OC)n1. The normalized spacial score (nSPS) is 9.86. The smallest absolute Gasteiger partial charge is 0.323 e. The Morgan fingerprint density at radius 3 is 2.48 bits per heavy atom. The van der Waals surface area contributed by atoms with E-state index < -0.39 is 6.03 Å². The number of methoxy groups -OCH3 is 2. The van der Waals surface area contributed by atoms with Gasteiger partial charge in [0.1, 0.15) is 5.69 Å². The van der Waals surface area contributed by atoms with Crippen LogP contribution in [-0.2, 0) is 0 Å². The second-order valence-corrected chi connectivity index (χ2v) is 4.30. The molecule has 1 heterocycles. The highest BCUT2D eigenvalue weighted by Crippen LogP contribution is 2.22. The van der Waals surface area contributed by atoms with Gasteiger partial charge in [0.25, 0.3) is 0 Å². The van der Waals surface area contributed by atoms with Gasteiger partial charge in [-0.15, -0.1) is 0 Å². The minimum absolute atomic E-state index is 0.149. The van der Waals surface area contributed by atoms with E-state index >= 15 is 0 Å². The number of nitrogens with one attached hydrogen (secondary N) is 2. The number of rotatable bonds is 4. The molecule has 0 unspecified atom stereocenters. The molecule has 110 valence electrons. The van der Waals surface area contributed by atoms with E-state index in [2.05, 4.69) is 20.6 Å². The third kappa shape index (κ3) is 3.96. The van der Waals surface area contributed by atoms with E-state index in [4.69, 9.17) is 21.1 Å². The lowest BCUT2D eigenvalue weighted by Crippen LogP contribution is -2.20. The molecule has 21 heavy (non-hydrogen) atoms. The zero-order valence-corrected chi connectivity index (χ0v) is 12.1. The fraction of sp³-hybridized carbons (Fsp3) is 0.154. The number of anilines is 2. The van der Waals surface area contributed by atoms with Crippen molar-refractivity contribution in [3.8, 4) is 11.9 Å². The minimum atomic E-state index is -0.454. The van der Waals surface area contributed by atoms with Crippen molar-refractivity contribution in [3.63, 3.8) is 0 Å². The maximum absolute atomic E-state index is 11.9. The Morgan fingerprint density at radius 1 is 1.14 bits per heavy atom. The molecule has 0 fully saturated rings. The maximum atomic E-state index is 11.9. The summed E-state index contributed by atoms with van der Waals surface area (Å²) in [4.78, 5) is 19.8. The molecule has 2 amide bonds. The van der Waals surface area contributed by atoms with Crippen LogP contribution in [0.2, 0.25) is 5.02 Å². The number of carbonyl (C=O) groups excluding carboxylic acids is 1. The molecule has 0 aliphatic carbocycles. The number of benzene rings is 1. The molecule has 0 spiro atoms. The lowest BCUT2D eigenvalue weighted by Gasteiger charge is -2.10. The Bertz CT molecular complexity index is 634. The van der Waals surface area contributed by atoms with E-state index in [1.807, 2.05) is 0 Å². The van der Waals surface area contributed by atoms with Gasteiger partial charge in [-0.25, -0.2) is 9.78 Å². The number of hydrogen-bond donors (Lipinski definition) is 2. The number of ether oxygens (including phenoxy) is 2. The molecule has 8 heteroatoms. The summed E-state index contributed by atoms with van der Waals surface area (Å²) < 4.78 is 9.94. The number of amides is 2. The number of nitrogens with zero attached hydrogens (tertiary/aromatic N) is 2. The molecule has 1 aromatic heterocycles. The average Bonchev–Trinajstić information content (AvgIpc) is 2.50. The monoisotopic (exact) mass is 308 g/mol. The first-order valence-electron chi connectivity index (χ1n) is 5.91. The van der Waals surface area contributed by atoms with Gasteiger partial charge in [0.2, 0.25) is 5.88 Å². The predicted molar refractivity (Wildman–Crippen MR) is 79.2 cm³/mol. The molecule has 0 atom stereocenters. The van der Waals surface area contributed by atoms with E-state index in [0.29, 0.717) is 16.4 Å². The summed E-state index contributed by atoms with van der Waals surface area (Å²) in [6.07, 6.45) is 1.39. The number of hydrogen-bond acceptors (Lipinski definition) is 5. The third-order valence-corrected chi connectivity index (χ3v) is 2.71. The minimum Gasteiger partial charge on any atom is -0.479 e. The highest BCUT2D eigenvalue weighted by Gasteiger charge is 2.11. The van der Waals surface area contributed by atoms with Crippen LogP contribution in [0, 0.1) is 0 Å². The van der Waals surface area contributed by atoms with Crippen molar-refractivity contribution in [2.24, 2.45) is 0 Å². The van der Waals surface area contributed by atoms with Crippen LogP contribution in [0.1, 0.15) is 0 Å². The summed E-state index contributed by atoms with van der Waals surface area (Å²) in [6, 6.07) is 6.41. The Kier molecular flexibility index (Phi) is 4.78. The quantitative estimate of drug-likeness (QED) is 0.907. The molecule has 0 saturated heterocycles. The molecule has 0 saturated carbocycles. The van der Waals surface area contributed by atoms with Crippen molar-refractivity contribution in [3.05, 3.63) is 35.5 Å². The molecule has 2 aromatic rings. The van der Waals surface area contributed by atoms with Crippen molar-refractivity contribution >= 4 is 29.0 Å². The van der Waals surface area contributed by atoms with Gasteiger partial charge in [-0.05, 0) is 24.3 Å². The van der Waals surface area contributed by atoms with Crippen molar-refractivity contribution in [2.45, 2.75) is 0 Å². The molecular weight excluding hydrogens is 296 g/mol. The second kappa shape index (κ2) is 6.76. The molecular formula is C13H13ClN4O3. The number of halogens is 1. The molecule has 7 nitrogen and oxygen atoms in total. The van der Waals surface area contributed by atoms with Crippen molar-refractivity contribution < 1.29 is 14.3 Å². The Balaban J connectivity index is 2.07. The van der Waals surface area contributed by atoms with E-state index in [1.165, 1.54) is 20.4 Å². The van der Waals surface area contributed by atoms with Crippen LogP contribution >= 0.6 is 11.6 Å². The van der Waals surface area contributed by atoms with Crippen LogP contribution < -0.4 is 20.1 Å². The van der Waals surface area contributed by atoms with Crippen molar-refractivity contribution in [1.82, 2.24) is 9.97 Å². The zero-order valence-electron chi connectivity index (χ0n) is 11.4. The molecule has 0 radical (unpaired) electrons. The van der Waals surface area contributed by atoms with Gasteiger partial charge in [0, 0.05) is 10.7 Å². The van der Waals surface area contributed by atoms with Gasteiger partial charge in [-0.3, -0.25) is 0 Å². The van der Waals surface area contributed by atoms with Gasteiger partial charge in [-0.2, -0.15) is 4.98 Å². The topological polar surface area (TPSA) is 85.4 Å². The zero-order chi connectivity index (χ0) is 15.2. The molecule has 0 aliphatic rings. The van der Waals surface area contributed by atoms with Crippen LogP contribution in [0.4, 0.5) is 16.2 Å². The van der Waals surface area contributed by atoms with E-state index in [-0.39, 0.29) is 11.9 Å². The fourth-order valence-electron chi connectivity index (χ4n) is 1.51. The Hall–Kier alpha value is -2.54. The highest BCUT2D eigenvalue weighted by atomic mass is 35.5. The Labute approximate surface area is 126 Å². The van der Waals surface area contributed by atoms with Crippen LogP contribution in [0.25, 0.3) is 0 Å². The van der Waals surface area contributed by atoms with E-state index in [0.717, 1.165) is 0 Å². The van der Waals surface area contributed by atoms with E-state index in [1.54, 1.807) is 24.3 Å². The van der Waals surface area contributed by atoms with Crippen molar-refractivity contribution in [1.29, 1.82) is 0 Å². The number of urea groups is 1. The molecule has 2 N–H and O–H groups in total. The van der Waals surface area contributed by atoms with Crippen LogP contribution in [0.15, 0.2) is 30.5 Å². The maximum Gasteiger partial charge on any atom is 0.323 e. The van der Waals surface area contributed by atoms with Crippen LogP contribution in [-0.4, -0.2) is 30.2 Å². The largest absolute Gasteiger partial charge is 0.479 e. The first-order valence-corrected chi connectivity index (χ1v) is 6.28. The van der Waals surface area contributed by atoms with Crippen LogP contribution in [0.5, 0.6) is 11.9 Å². The van der Waals surface area contributed by atoms with Gasteiger partial charge in [0.05, 0.1) is 20.4 Å². The standard InChI is InChI=1S/C13H13ClN4O3/c1-20-11-10(7-15-13(18-11)21-2)17-12(19)16-9-5-3-8(14)4-6-9/h3-7H,1-2H3,(H2,16,17,19). The van der Waals surface area contributed by atoms with Crippen molar-refractivity contribution in [2.75, 3.05) is 24.9 Å².